The normalized spacial score (nSPS) is 18.5. The van der Waals surface area contributed by atoms with Crippen molar-refractivity contribution < 1.29 is 13.2 Å². The summed E-state index contributed by atoms with van der Waals surface area (Å²) in [7, 11) is -3.22. The van der Waals surface area contributed by atoms with Gasteiger partial charge in [0.25, 0.3) is 0 Å². The number of rotatable bonds is 8. The Labute approximate surface area is 157 Å². The summed E-state index contributed by atoms with van der Waals surface area (Å²) < 4.78 is 25.5. The second kappa shape index (κ2) is 9.37. The molecule has 0 spiro atoms. The predicted molar refractivity (Wildman–Crippen MR) is 106 cm³/mol. The molecule has 1 saturated heterocycles. The van der Waals surface area contributed by atoms with Crippen LogP contribution in [0.3, 0.4) is 0 Å². The van der Waals surface area contributed by atoms with Gasteiger partial charge < -0.3 is 10.2 Å². The summed E-state index contributed by atoms with van der Waals surface area (Å²) in [4.78, 5) is 14.7. The third-order valence-corrected chi connectivity index (χ3v) is 6.89. The minimum atomic E-state index is -3.22. The maximum absolute atomic E-state index is 12.5. The Morgan fingerprint density at radius 3 is 2.42 bits per heavy atom. The van der Waals surface area contributed by atoms with Gasteiger partial charge in [-0.25, -0.2) is 12.7 Å². The Hall–Kier alpha value is -1.60. The molecule has 1 aliphatic heterocycles. The van der Waals surface area contributed by atoms with E-state index in [0.29, 0.717) is 19.6 Å². The molecule has 1 atom stereocenters. The molecule has 1 unspecified atom stereocenters. The lowest BCUT2D eigenvalue weighted by Gasteiger charge is -2.30. The average molecular weight is 382 g/mol. The van der Waals surface area contributed by atoms with E-state index in [1.807, 2.05) is 12.1 Å². The summed E-state index contributed by atoms with van der Waals surface area (Å²) in [6.07, 6.45) is 1.47. The van der Waals surface area contributed by atoms with E-state index in [4.69, 9.17) is 0 Å². The minimum Gasteiger partial charge on any atom is -0.372 e. The van der Waals surface area contributed by atoms with Gasteiger partial charge in [0.1, 0.15) is 0 Å². The summed E-state index contributed by atoms with van der Waals surface area (Å²) >= 11 is 0. The highest BCUT2D eigenvalue weighted by Gasteiger charge is 2.31. The van der Waals surface area contributed by atoms with Gasteiger partial charge in [0.2, 0.25) is 15.9 Å². The molecule has 1 aromatic rings. The number of hydrogen-bond acceptors (Lipinski definition) is 4. The minimum absolute atomic E-state index is 0.0613. The van der Waals surface area contributed by atoms with Gasteiger partial charge >= 0.3 is 0 Å². The Kier molecular flexibility index (Phi) is 7.46. The first kappa shape index (κ1) is 20.7. The first-order valence-corrected chi connectivity index (χ1v) is 11.1. The molecule has 0 aliphatic carbocycles. The first-order valence-electron chi connectivity index (χ1n) is 9.50. The molecule has 6 nitrogen and oxygen atoms in total. The van der Waals surface area contributed by atoms with Crippen molar-refractivity contribution >= 4 is 21.6 Å². The van der Waals surface area contributed by atoms with Crippen molar-refractivity contribution in [2.45, 2.75) is 40.2 Å². The van der Waals surface area contributed by atoms with Crippen molar-refractivity contribution in [1.29, 1.82) is 0 Å². The molecule has 0 bridgehead atoms. The van der Waals surface area contributed by atoms with Gasteiger partial charge in [0.05, 0.1) is 11.7 Å². The molecule has 26 heavy (non-hydrogen) atoms. The van der Waals surface area contributed by atoms with E-state index in [9.17, 15) is 13.2 Å². The Balaban J connectivity index is 1.90. The molecule has 1 aromatic carbocycles. The lowest BCUT2D eigenvalue weighted by atomic mass is 9.98. The molecule has 0 saturated carbocycles. The van der Waals surface area contributed by atoms with Gasteiger partial charge in [-0.15, -0.1) is 0 Å². The van der Waals surface area contributed by atoms with Gasteiger partial charge in [-0.3, -0.25) is 4.79 Å². The van der Waals surface area contributed by atoms with Gasteiger partial charge in [0.15, 0.2) is 0 Å². The highest BCUT2D eigenvalue weighted by Crippen LogP contribution is 2.20. The van der Waals surface area contributed by atoms with Crippen molar-refractivity contribution in [3.63, 3.8) is 0 Å². The van der Waals surface area contributed by atoms with Crippen LogP contribution in [0.5, 0.6) is 0 Å². The molecule has 7 heteroatoms. The standard InChI is InChI=1S/C19H31N3O3S/c1-4-21(5-2)18-11-9-16(10-12-18)14-20-19(23)17-8-7-13-22(15-17)26(24,25)6-3/h9-12,17H,4-8,13-15H2,1-3H3,(H,20,23). The number of carbonyl (C=O) groups is 1. The van der Waals surface area contributed by atoms with Crippen molar-refractivity contribution in [3.05, 3.63) is 29.8 Å². The molecule has 2 rings (SSSR count). The third-order valence-electron chi connectivity index (χ3n) is 5.04. The molecular formula is C19H31N3O3S. The van der Waals surface area contributed by atoms with Gasteiger partial charge in [0, 0.05) is 38.4 Å². The molecule has 0 aromatic heterocycles. The first-order chi connectivity index (χ1) is 12.4. The van der Waals surface area contributed by atoms with Crippen LogP contribution in [0.1, 0.15) is 39.2 Å². The van der Waals surface area contributed by atoms with E-state index in [-0.39, 0.29) is 17.6 Å². The molecule has 1 aliphatic rings. The molecule has 1 amide bonds. The SMILES string of the molecule is CCN(CC)c1ccc(CNC(=O)C2CCCN(S(=O)(=O)CC)C2)cc1. The molecule has 1 heterocycles. The zero-order valence-electron chi connectivity index (χ0n) is 16.1. The Morgan fingerprint density at radius 2 is 1.85 bits per heavy atom. The lowest BCUT2D eigenvalue weighted by Crippen LogP contribution is -2.45. The number of benzene rings is 1. The largest absolute Gasteiger partial charge is 0.372 e. The van der Waals surface area contributed by atoms with Crippen molar-refractivity contribution in [2.24, 2.45) is 5.92 Å². The smallest absolute Gasteiger partial charge is 0.224 e. The second-order valence-corrected chi connectivity index (χ2v) is 8.91. The van der Waals surface area contributed by atoms with Crippen LogP contribution >= 0.6 is 0 Å². The predicted octanol–water partition coefficient (Wildman–Crippen LogP) is 2.21. The Morgan fingerprint density at radius 1 is 1.19 bits per heavy atom. The van der Waals surface area contributed by atoms with E-state index in [1.165, 1.54) is 9.99 Å². The summed E-state index contributed by atoms with van der Waals surface area (Å²) in [5.74, 6) is -0.242. The number of nitrogens with one attached hydrogen (secondary N) is 1. The fourth-order valence-electron chi connectivity index (χ4n) is 3.34. The van der Waals surface area contributed by atoms with Crippen LogP contribution in [0.15, 0.2) is 24.3 Å². The molecular weight excluding hydrogens is 350 g/mol. The van der Waals surface area contributed by atoms with E-state index < -0.39 is 10.0 Å². The van der Waals surface area contributed by atoms with Gasteiger partial charge in [-0.1, -0.05) is 12.1 Å². The maximum atomic E-state index is 12.5. The van der Waals surface area contributed by atoms with Crippen molar-refractivity contribution in [2.75, 3.05) is 36.8 Å². The number of piperidine rings is 1. The molecule has 1 fully saturated rings. The summed E-state index contributed by atoms with van der Waals surface area (Å²) in [6, 6.07) is 8.21. The number of anilines is 1. The Bertz CT molecular complexity index is 684. The summed E-state index contributed by atoms with van der Waals surface area (Å²) in [6.45, 7) is 9.11. The fourth-order valence-corrected chi connectivity index (χ4v) is 4.52. The van der Waals surface area contributed by atoms with Crippen molar-refractivity contribution in [1.82, 2.24) is 9.62 Å². The lowest BCUT2D eigenvalue weighted by molar-refractivity contribution is -0.126. The topological polar surface area (TPSA) is 69.7 Å². The van der Waals surface area contributed by atoms with E-state index >= 15 is 0 Å². The maximum Gasteiger partial charge on any atom is 0.224 e. The number of nitrogens with zero attached hydrogens (tertiary/aromatic N) is 2. The van der Waals surface area contributed by atoms with E-state index in [1.54, 1.807) is 6.92 Å². The van der Waals surface area contributed by atoms with Crippen LogP contribution in [0.25, 0.3) is 0 Å². The van der Waals surface area contributed by atoms with Crippen LogP contribution in [-0.2, 0) is 21.4 Å². The van der Waals surface area contributed by atoms with Crippen molar-refractivity contribution in [3.8, 4) is 0 Å². The number of amides is 1. The summed E-state index contributed by atoms with van der Waals surface area (Å²) in [5.41, 5.74) is 2.22. The second-order valence-electron chi connectivity index (χ2n) is 6.65. The third kappa shape index (κ3) is 5.20. The number of carbonyl (C=O) groups excluding carboxylic acids is 1. The van der Waals surface area contributed by atoms with E-state index in [2.05, 4.69) is 36.2 Å². The van der Waals surface area contributed by atoms with E-state index in [0.717, 1.165) is 31.5 Å². The molecule has 1 N–H and O–H groups in total. The molecule has 146 valence electrons. The number of hydrogen-bond donors (Lipinski definition) is 1. The van der Waals surface area contributed by atoms with Crippen LogP contribution < -0.4 is 10.2 Å². The van der Waals surface area contributed by atoms with Crippen LogP contribution in [0.2, 0.25) is 0 Å². The van der Waals surface area contributed by atoms with Gasteiger partial charge in [-0.2, -0.15) is 0 Å². The quantitative estimate of drug-likeness (QED) is 0.750. The number of sulfonamides is 1. The zero-order valence-corrected chi connectivity index (χ0v) is 16.9. The van der Waals surface area contributed by atoms with Crippen LogP contribution in [0.4, 0.5) is 5.69 Å². The highest BCUT2D eigenvalue weighted by molar-refractivity contribution is 7.89. The molecule has 0 radical (unpaired) electrons. The highest BCUT2D eigenvalue weighted by atomic mass is 32.2. The van der Waals surface area contributed by atoms with Crippen LogP contribution in [-0.4, -0.2) is 50.6 Å². The average Bonchev–Trinajstić information content (AvgIpc) is 2.68. The zero-order chi connectivity index (χ0) is 19.2. The summed E-state index contributed by atoms with van der Waals surface area (Å²) in [5, 5.41) is 2.96. The fraction of sp³-hybridized carbons (Fsp3) is 0.632. The monoisotopic (exact) mass is 381 g/mol. The van der Waals surface area contributed by atoms with Gasteiger partial charge in [-0.05, 0) is 51.3 Å². The van der Waals surface area contributed by atoms with Crippen LogP contribution in [0, 0.1) is 5.92 Å².